The zero-order chi connectivity index (χ0) is 42.8. The summed E-state index contributed by atoms with van der Waals surface area (Å²) in [5, 5.41) is 8.89. The van der Waals surface area contributed by atoms with Crippen LogP contribution in [0.15, 0.2) is 60.8 Å². The molecule has 0 saturated heterocycles. The molecular formula is C46H80NO10P. The molecule has 58 heavy (non-hydrogen) atoms. The maximum atomic E-state index is 12.6. The van der Waals surface area contributed by atoms with E-state index < -0.39 is 57.7 Å². The third-order valence-corrected chi connectivity index (χ3v) is 10.2. The smallest absolute Gasteiger partial charge is 0.472 e. The van der Waals surface area contributed by atoms with Crippen molar-refractivity contribution >= 4 is 25.7 Å². The third-order valence-electron chi connectivity index (χ3n) is 9.24. The molecule has 0 radical (unpaired) electrons. The van der Waals surface area contributed by atoms with E-state index in [4.69, 9.17) is 24.8 Å². The number of carbonyl (C=O) groups is 3. The number of rotatable bonds is 41. The molecule has 0 aliphatic carbocycles. The van der Waals surface area contributed by atoms with Gasteiger partial charge in [0.25, 0.3) is 0 Å². The van der Waals surface area contributed by atoms with Gasteiger partial charge < -0.3 is 25.2 Å². The van der Waals surface area contributed by atoms with Gasteiger partial charge in [-0.3, -0.25) is 23.4 Å². The number of carboxylic acid groups (broad SMARTS) is 1. The van der Waals surface area contributed by atoms with Crippen LogP contribution >= 0.6 is 7.82 Å². The normalized spacial score (nSPS) is 14.3. The van der Waals surface area contributed by atoms with Gasteiger partial charge in [-0.25, -0.2) is 4.57 Å². The van der Waals surface area contributed by atoms with Crippen LogP contribution in [0.1, 0.15) is 181 Å². The van der Waals surface area contributed by atoms with Gasteiger partial charge in [0.15, 0.2) is 6.10 Å². The first-order valence-corrected chi connectivity index (χ1v) is 23.8. The van der Waals surface area contributed by atoms with Crippen LogP contribution in [0.3, 0.4) is 0 Å². The van der Waals surface area contributed by atoms with Crippen molar-refractivity contribution in [1.82, 2.24) is 0 Å². The lowest BCUT2D eigenvalue weighted by atomic mass is 10.1. The molecule has 0 saturated carbocycles. The minimum Gasteiger partial charge on any atom is -0.480 e. The summed E-state index contributed by atoms with van der Waals surface area (Å²) in [5.41, 5.74) is 5.33. The molecule has 0 rings (SSSR count). The number of ether oxygens (including phenoxy) is 2. The molecule has 0 aliphatic rings. The van der Waals surface area contributed by atoms with Crippen LogP contribution in [0.25, 0.3) is 0 Å². The third kappa shape index (κ3) is 40.0. The van der Waals surface area contributed by atoms with Gasteiger partial charge in [0.1, 0.15) is 12.6 Å². The average Bonchev–Trinajstić information content (AvgIpc) is 3.20. The monoisotopic (exact) mass is 838 g/mol. The Hall–Kier alpha value is -2.82. The highest BCUT2D eigenvalue weighted by Gasteiger charge is 2.28. The van der Waals surface area contributed by atoms with E-state index in [0.717, 1.165) is 32.1 Å². The van der Waals surface area contributed by atoms with Crippen molar-refractivity contribution in [2.75, 3.05) is 19.8 Å². The van der Waals surface area contributed by atoms with Gasteiger partial charge in [0, 0.05) is 12.8 Å². The number of aliphatic carboxylic acids is 1. The zero-order valence-electron chi connectivity index (χ0n) is 36.1. The molecule has 0 aromatic carbocycles. The minimum atomic E-state index is -4.74. The topological polar surface area (TPSA) is 172 Å². The van der Waals surface area contributed by atoms with E-state index in [1.807, 2.05) is 12.2 Å². The molecule has 0 spiro atoms. The Morgan fingerprint density at radius 2 is 0.914 bits per heavy atom. The number of carbonyl (C=O) groups excluding carboxylic acids is 2. The van der Waals surface area contributed by atoms with Crippen LogP contribution in [0.5, 0.6) is 0 Å². The first kappa shape index (κ1) is 55.2. The summed E-state index contributed by atoms with van der Waals surface area (Å²) in [6.45, 7) is 2.70. The first-order chi connectivity index (χ1) is 28.1. The molecule has 11 nitrogen and oxygen atoms in total. The number of esters is 2. The summed E-state index contributed by atoms with van der Waals surface area (Å²) in [7, 11) is -4.74. The van der Waals surface area contributed by atoms with Crippen LogP contribution < -0.4 is 5.73 Å². The maximum absolute atomic E-state index is 12.6. The Kier molecular flexibility index (Phi) is 38.9. The molecule has 0 aromatic heterocycles. The molecule has 3 atom stereocenters. The van der Waals surface area contributed by atoms with Gasteiger partial charge in [0.2, 0.25) is 0 Å². The van der Waals surface area contributed by atoms with Gasteiger partial charge in [-0.05, 0) is 70.6 Å². The Balaban J connectivity index is 4.50. The average molecular weight is 838 g/mol. The summed E-state index contributed by atoms with van der Waals surface area (Å²) in [4.78, 5) is 45.9. The number of phosphoric ester groups is 1. The van der Waals surface area contributed by atoms with Crippen molar-refractivity contribution in [3.8, 4) is 0 Å². The van der Waals surface area contributed by atoms with Gasteiger partial charge in [-0.2, -0.15) is 0 Å². The van der Waals surface area contributed by atoms with Crippen LogP contribution in [0.2, 0.25) is 0 Å². The second-order valence-corrected chi connectivity index (χ2v) is 16.3. The number of hydrogen-bond donors (Lipinski definition) is 3. The van der Waals surface area contributed by atoms with Gasteiger partial charge in [0.05, 0.1) is 13.2 Å². The fourth-order valence-corrected chi connectivity index (χ4v) is 6.49. The van der Waals surface area contributed by atoms with E-state index >= 15 is 0 Å². The van der Waals surface area contributed by atoms with E-state index in [0.29, 0.717) is 25.7 Å². The van der Waals surface area contributed by atoms with Gasteiger partial charge >= 0.3 is 25.7 Å². The van der Waals surface area contributed by atoms with Crippen LogP contribution in [0, 0.1) is 0 Å². The molecular weight excluding hydrogens is 757 g/mol. The Bertz CT molecular complexity index is 1210. The summed E-state index contributed by atoms with van der Waals surface area (Å²) < 4.78 is 32.6. The van der Waals surface area contributed by atoms with Crippen molar-refractivity contribution in [1.29, 1.82) is 0 Å². The summed E-state index contributed by atoms with van der Waals surface area (Å²) in [6, 6.07) is -1.54. The van der Waals surface area contributed by atoms with Crippen LogP contribution in [-0.2, 0) is 37.5 Å². The number of phosphoric acid groups is 1. The predicted molar refractivity (Wildman–Crippen MR) is 235 cm³/mol. The quantitative estimate of drug-likeness (QED) is 0.0231. The highest BCUT2D eigenvalue weighted by Crippen LogP contribution is 2.43. The number of allylic oxidation sites excluding steroid dienone is 10. The van der Waals surface area contributed by atoms with Crippen molar-refractivity contribution in [2.45, 2.75) is 193 Å². The molecule has 0 bridgehead atoms. The lowest BCUT2D eigenvalue weighted by Crippen LogP contribution is -2.34. The lowest BCUT2D eigenvalue weighted by molar-refractivity contribution is -0.161. The second kappa shape index (κ2) is 40.9. The fraction of sp³-hybridized carbons (Fsp3) is 0.717. The highest BCUT2D eigenvalue weighted by atomic mass is 31.2. The fourth-order valence-electron chi connectivity index (χ4n) is 5.71. The maximum Gasteiger partial charge on any atom is 0.472 e. The Morgan fingerprint density at radius 1 is 0.534 bits per heavy atom. The van der Waals surface area contributed by atoms with Crippen molar-refractivity contribution in [2.24, 2.45) is 5.73 Å². The zero-order valence-corrected chi connectivity index (χ0v) is 37.0. The lowest BCUT2D eigenvalue weighted by Gasteiger charge is -2.20. The highest BCUT2D eigenvalue weighted by molar-refractivity contribution is 7.47. The van der Waals surface area contributed by atoms with E-state index in [-0.39, 0.29) is 12.8 Å². The Labute approximate surface area is 351 Å². The van der Waals surface area contributed by atoms with Crippen molar-refractivity contribution in [3.63, 3.8) is 0 Å². The molecule has 0 amide bonds. The van der Waals surface area contributed by atoms with E-state index in [2.05, 4.69) is 67.0 Å². The SMILES string of the molecule is CCCCCCCC/C=C/C/C=C/C/C=C/CCCC(=O)OC[C@H](COP(=O)(O)OC[C@H](N)C(=O)O)OC(=O)CCC/C=C/C/C=C/CCCCCCCCCCC. The summed E-state index contributed by atoms with van der Waals surface area (Å²) >= 11 is 0. The summed E-state index contributed by atoms with van der Waals surface area (Å²) in [5.74, 6) is -2.51. The number of carboxylic acids is 1. The number of unbranched alkanes of at least 4 members (excludes halogenated alkanes) is 17. The van der Waals surface area contributed by atoms with Crippen LogP contribution in [0.4, 0.5) is 0 Å². The molecule has 0 aromatic rings. The molecule has 0 heterocycles. The van der Waals surface area contributed by atoms with Crippen molar-refractivity contribution in [3.05, 3.63) is 60.8 Å². The summed E-state index contributed by atoms with van der Waals surface area (Å²) in [6.07, 6.45) is 47.3. The van der Waals surface area contributed by atoms with E-state index in [1.165, 1.54) is 96.3 Å². The van der Waals surface area contributed by atoms with Crippen molar-refractivity contribution < 1.29 is 47.5 Å². The predicted octanol–water partition coefficient (Wildman–Crippen LogP) is 12.0. The van der Waals surface area contributed by atoms with Gasteiger partial charge in [-0.1, -0.05) is 158 Å². The van der Waals surface area contributed by atoms with E-state index in [1.54, 1.807) is 0 Å². The molecule has 1 unspecified atom stereocenters. The number of nitrogens with two attached hydrogens (primary N) is 1. The molecule has 0 fully saturated rings. The first-order valence-electron chi connectivity index (χ1n) is 22.3. The molecule has 334 valence electrons. The van der Waals surface area contributed by atoms with Crippen LogP contribution in [-0.4, -0.2) is 59.9 Å². The molecule has 4 N–H and O–H groups in total. The second-order valence-electron chi connectivity index (χ2n) is 14.8. The van der Waals surface area contributed by atoms with E-state index in [9.17, 15) is 23.8 Å². The largest absolute Gasteiger partial charge is 0.480 e. The van der Waals surface area contributed by atoms with Gasteiger partial charge in [-0.15, -0.1) is 0 Å². The molecule has 0 aliphatic heterocycles. The number of hydrogen-bond acceptors (Lipinski definition) is 9. The standard InChI is InChI=1S/C46H80NO10P/c1-3-5-7-9-11-13-15-17-19-21-23-25-27-29-31-33-35-37-44(48)54-39-42(40-55-58(52,53)56-41-43(47)46(50)51)57-45(49)38-36-34-32-30-28-26-24-22-20-18-16-14-12-10-8-6-4-2/h17,19,23-26,29-32,42-43H,3-16,18,20-22,27-28,33-41,47H2,1-2H3,(H,50,51)(H,52,53)/b19-17+,25-23+,26-24+,31-29+,32-30+/t42-,43+/m1/s1. The molecule has 12 heteroatoms. The Morgan fingerprint density at radius 3 is 1.36 bits per heavy atom. The minimum absolute atomic E-state index is 0.0848.